The highest BCUT2D eigenvalue weighted by Crippen LogP contribution is 2.44. The van der Waals surface area contributed by atoms with Crippen molar-refractivity contribution in [1.29, 1.82) is 0 Å². The summed E-state index contributed by atoms with van der Waals surface area (Å²) < 4.78 is 6.66. The number of hydrogen-bond acceptors (Lipinski definition) is 5. The van der Waals surface area contributed by atoms with Gasteiger partial charge in [0, 0.05) is 30.3 Å². The van der Waals surface area contributed by atoms with Gasteiger partial charge in [-0.3, -0.25) is 4.79 Å². The van der Waals surface area contributed by atoms with Gasteiger partial charge >= 0.3 is 6.03 Å². The van der Waals surface area contributed by atoms with Crippen LogP contribution in [-0.2, 0) is 6.42 Å². The topological polar surface area (TPSA) is 66.5 Å². The number of nitrogens with zero attached hydrogens (tertiary/aromatic N) is 2. The second-order valence-corrected chi connectivity index (χ2v) is 10.7. The molecule has 2 aliphatic heterocycles. The maximum atomic E-state index is 13.1. The molecule has 2 aromatic carbocycles. The average molecular weight is 512 g/mol. The highest BCUT2D eigenvalue weighted by atomic mass is 35.5. The van der Waals surface area contributed by atoms with Gasteiger partial charge < -0.3 is 22.0 Å². The van der Waals surface area contributed by atoms with E-state index in [0.29, 0.717) is 23.3 Å². The molecule has 2 atom stereocenters. The molecule has 3 amide bonds. The Morgan fingerprint density at radius 1 is 1.06 bits per heavy atom. The van der Waals surface area contributed by atoms with Crippen molar-refractivity contribution in [3.8, 4) is 5.75 Å². The lowest BCUT2D eigenvalue weighted by Crippen LogP contribution is -3.00. The van der Waals surface area contributed by atoms with Crippen molar-refractivity contribution in [3.05, 3.63) is 58.5 Å². The van der Waals surface area contributed by atoms with Gasteiger partial charge in [0.15, 0.2) is 10.6 Å². The Hall–Kier alpha value is -2.45. The number of ether oxygens (including phenoxy) is 1. The average Bonchev–Trinajstić information content (AvgIpc) is 3.44. The zero-order valence-corrected chi connectivity index (χ0v) is 21.4. The summed E-state index contributed by atoms with van der Waals surface area (Å²) in [7, 11) is 1.76. The summed E-state index contributed by atoms with van der Waals surface area (Å²) in [5.41, 5.74) is 3.66. The predicted octanol–water partition coefficient (Wildman–Crippen LogP) is 1.13. The van der Waals surface area contributed by atoms with Crippen molar-refractivity contribution in [2.24, 2.45) is 5.92 Å². The van der Waals surface area contributed by atoms with Gasteiger partial charge in [-0.1, -0.05) is 24.3 Å². The van der Waals surface area contributed by atoms with Crippen LogP contribution >= 0.6 is 11.3 Å². The number of hydrogen-bond donors (Lipinski definition) is 1. The van der Waals surface area contributed by atoms with Gasteiger partial charge in [0.25, 0.3) is 5.91 Å². The Bertz CT molecular complexity index is 1280. The van der Waals surface area contributed by atoms with Gasteiger partial charge in [-0.25, -0.2) is 15.0 Å². The Morgan fingerprint density at radius 2 is 1.89 bits per heavy atom. The Morgan fingerprint density at radius 3 is 2.74 bits per heavy atom. The van der Waals surface area contributed by atoms with Crippen LogP contribution in [0, 0.1) is 5.92 Å². The molecule has 6 nitrogen and oxygen atoms in total. The molecule has 6 rings (SSSR count). The van der Waals surface area contributed by atoms with Crippen LogP contribution in [-0.4, -0.2) is 55.0 Å². The van der Waals surface area contributed by atoms with Crippen LogP contribution in [0.4, 0.5) is 10.5 Å². The van der Waals surface area contributed by atoms with Crippen molar-refractivity contribution >= 4 is 39.0 Å². The molecule has 2 N–H and O–H groups in total. The molecule has 1 saturated heterocycles. The number of quaternary nitrogens is 1. The largest absolute Gasteiger partial charge is 1.00 e. The van der Waals surface area contributed by atoms with E-state index >= 15 is 0 Å². The van der Waals surface area contributed by atoms with Gasteiger partial charge in [-0.05, 0) is 67.5 Å². The first-order chi connectivity index (χ1) is 16.6. The Labute approximate surface area is 215 Å². The summed E-state index contributed by atoms with van der Waals surface area (Å²) in [6, 6.07) is 14.2. The number of imide groups is 1. The van der Waals surface area contributed by atoms with E-state index in [9.17, 15) is 9.59 Å². The van der Waals surface area contributed by atoms with E-state index in [1.54, 1.807) is 12.4 Å². The maximum absolute atomic E-state index is 13.1. The predicted molar refractivity (Wildman–Crippen MR) is 133 cm³/mol. The summed E-state index contributed by atoms with van der Waals surface area (Å²) in [6.07, 6.45) is 4.14. The third-order valence-electron chi connectivity index (χ3n) is 7.78. The number of likely N-dealkylation sites (tertiary alicyclic amines) is 1. The molecule has 3 aromatic rings. The molecule has 8 heteroatoms. The highest BCUT2D eigenvalue weighted by Gasteiger charge is 2.39. The lowest BCUT2D eigenvalue weighted by molar-refractivity contribution is -0.471. The maximum Gasteiger partial charge on any atom is 0.427 e. The first kappa shape index (κ1) is 24.3. The molecule has 3 aliphatic rings. The van der Waals surface area contributed by atoms with Gasteiger partial charge in [-0.2, -0.15) is 0 Å². The molecular formula is C27H30ClN3O3S. The van der Waals surface area contributed by atoms with E-state index in [2.05, 4.69) is 23.1 Å². The first-order valence-electron chi connectivity index (χ1n) is 12.2. The number of unbranched alkanes of at least 4 members (excludes halogenated alkanes) is 1. The molecule has 0 saturated carbocycles. The molecule has 0 unspecified atom stereocenters. The lowest BCUT2D eigenvalue weighted by atomic mass is 9.77. The minimum atomic E-state index is -0.182. The molecule has 35 heavy (non-hydrogen) atoms. The summed E-state index contributed by atoms with van der Waals surface area (Å²) in [6.45, 7) is 3.73. The number of primary amides is 1. The number of urea groups is 1. The second-order valence-electron chi connectivity index (χ2n) is 9.68. The van der Waals surface area contributed by atoms with Crippen LogP contribution in [0.2, 0.25) is 0 Å². The Kier molecular flexibility index (Phi) is 6.86. The number of thiophene rings is 1. The minimum Gasteiger partial charge on any atom is -1.00 e. The monoisotopic (exact) mass is 511 g/mol. The highest BCUT2D eigenvalue weighted by molar-refractivity contribution is 7.21. The number of nitrogens with two attached hydrogens (primary N) is 1. The molecule has 0 radical (unpaired) electrons. The number of halogens is 1. The fourth-order valence-corrected chi connectivity index (χ4v) is 7.25. The molecule has 0 bridgehead atoms. The summed E-state index contributed by atoms with van der Waals surface area (Å²) in [5, 5.41) is 2.64. The van der Waals surface area contributed by atoms with Crippen molar-refractivity contribution in [1.82, 2.24) is 9.80 Å². The van der Waals surface area contributed by atoms with Crippen LogP contribution in [0.5, 0.6) is 5.75 Å². The van der Waals surface area contributed by atoms with Crippen LogP contribution in [0.15, 0.2) is 42.5 Å². The number of benzene rings is 2. The number of rotatable bonds is 6. The molecule has 3 heterocycles. The molecule has 1 fully saturated rings. The van der Waals surface area contributed by atoms with Crippen molar-refractivity contribution in [3.63, 3.8) is 0 Å². The summed E-state index contributed by atoms with van der Waals surface area (Å²) in [4.78, 5) is 30.5. The molecule has 1 aliphatic carbocycles. The fourth-order valence-electron chi connectivity index (χ4n) is 6.12. The molecule has 1 aromatic heterocycles. The third kappa shape index (κ3) is 4.25. The molecule has 184 valence electrons. The number of methoxy groups -OCH3 is 1. The normalized spacial score (nSPS) is 21.5. The SMILES string of the molecule is COc1cccc2c1CC[C@H]1CN(CCCCN3C(=O)[NH2+]c4c(sc5ccccc45)C3=O)C[C@@H]21.[Cl-]. The lowest BCUT2D eigenvalue weighted by Gasteiger charge is -2.28. The van der Waals surface area contributed by atoms with Gasteiger partial charge in [-0.15, -0.1) is 11.3 Å². The van der Waals surface area contributed by atoms with Crippen LogP contribution in [0.1, 0.15) is 46.0 Å². The van der Waals surface area contributed by atoms with Crippen molar-refractivity contribution in [2.75, 3.05) is 33.3 Å². The summed E-state index contributed by atoms with van der Waals surface area (Å²) in [5.74, 6) is 2.20. The fraction of sp³-hybridized carbons (Fsp3) is 0.407. The van der Waals surface area contributed by atoms with Gasteiger partial charge in [0.05, 0.1) is 12.5 Å². The van der Waals surface area contributed by atoms with Crippen LogP contribution in [0.3, 0.4) is 0 Å². The molecule has 0 spiro atoms. The van der Waals surface area contributed by atoms with Crippen LogP contribution < -0.4 is 22.5 Å². The standard InChI is InChI=1S/C27H29N3O3S.ClH/c1-33-22-9-6-8-18-19(22)12-11-17-15-29(16-21(17)18)13-4-5-14-30-26(31)25-24(28-27(30)32)20-7-2-3-10-23(20)34-25;/h2-3,6-10,17,21H,4-5,11-16H2,1H3,(H,28,32);1H/t17-,21+;/m0./s1. The third-order valence-corrected chi connectivity index (χ3v) is 8.96. The van der Waals surface area contributed by atoms with Crippen molar-refractivity contribution < 1.29 is 32.0 Å². The van der Waals surface area contributed by atoms with E-state index in [1.807, 2.05) is 24.3 Å². The number of amides is 3. The van der Waals surface area contributed by atoms with Crippen LogP contribution in [0.25, 0.3) is 10.1 Å². The van der Waals surface area contributed by atoms with E-state index in [-0.39, 0.29) is 24.3 Å². The van der Waals surface area contributed by atoms with E-state index in [4.69, 9.17) is 4.74 Å². The molecular weight excluding hydrogens is 482 g/mol. The zero-order chi connectivity index (χ0) is 23.2. The van der Waals surface area contributed by atoms with E-state index in [0.717, 1.165) is 60.4 Å². The van der Waals surface area contributed by atoms with Crippen molar-refractivity contribution in [2.45, 2.75) is 31.6 Å². The van der Waals surface area contributed by atoms with E-state index in [1.165, 1.54) is 33.8 Å². The Balaban J connectivity index is 0.00000253. The number of carbonyl (C=O) groups excluding carboxylic acids is 2. The quantitative estimate of drug-likeness (QED) is 0.504. The zero-order valence-electron chi connectivity index (χ0n) is 19.8. The first-order valence-corrected chi connectivity index (χ1v) is 13.1. The number of carbonyl (C=O) groups is 2. The van der Waals surface area contributed by atoms with Gasteiger partial charge in [0.1, 0.15) is 5.75 Å². The smallest absolute Gasteiger partial charge is 0.427 e. The minimum absolute atomic E-state index is 0. The number of fused-ring (bicyclic) bond motifs is 6. The second kappa shape index (κ2) is 9.90. The van der Waals surface area contributed by atoms with Gasteiger partial charge in [0.2, 0.25) is 0 Å². The summed E-state index contributed by atoms with van der Waals surface area (Å²) >= 11 is 1.49. The van der Waals surface area contributed by atoms with E-state index < -0.39 is 0 Å².